The Labute approximate surface area is 124 Å². The minimum absolute atomic E-state index is 0.168. The maximum Gasteiger partial charge on any atom is 0.416 e. The second kappa shape index (κ2) is 5.66. The van der Waals surface area contributed by atoms with Crippen molar-refractivity contribution >= 4 is 23.2 Å². The highest BCUT2D eigenvalue weighted by Gasteiger charge is 2.30. The largest absolute Gasteiger partial charge is 0.416 e. The Morgan fingerprint density at radius 1 is 1.30 bits per heavy atom. The summed E-state index contributed by atoms with van der Waals surface area (Å²) in [5.74, 6) is 0.168. The summed E-state index contributed by atoms with van der Waals surface area (Å²) in [6, 6.07) is 4.86. The van der Waals surface area contributed by atoms with Crippen molar-refractivity contribution in [2.45, 2.75) is 25.4 Å². The van der Waals surface area contributed by atoms with Gasteiger partial charge in [0.1, 0.15) is 5.15 Å². The first-order valence-corrected chi connectivity index (χ1v) is 6.79. The summed E-state index contributed by atoms with van der Waals surface area (Å²) in [7, 11) is 0. The molecule has 0 aliphatic rings. The lowest BCUT2D eigenvalue weighted by Gasteiger charge is -2.09. The van der Waals surface area contributed by atoms with Crippen molar-refractivity contribution in [3.63, 3.8) is 0 Å². The molecule has 2 nitrogen and oxygen atoms in total. The molecule has 0 fully saturated rings. The summed E-state index contributed by atoms with van der Waals surface area (Å²) in [5, 5.41) is 4.47. The van der Waals surface area contributed by atoms with Crippen LogP contribution >= 0.6 is 23.2 Å². The van der Waals surface area contributed by atoms with E-state index >= 15 is 0 Å². The van der Waals surface area contributed by atoms with Gasteiger partial charge in [0.15, 0.2) is 0 Å². The van der Waals surface area contributed by atoms with Crippen LogP contribution in [0.5, 0.6) is 0 Å². The average molecular weight is 323 g/mol. The minimum atomic E-state index is -4.40. The Kier molecular flexibility index (Phi) is 4.30. The van der Waals surface area contributed by atoms with Gasteiger partial charge in [0.2, 0.25) is 0 Å². The summed E-state index contributed by atoms with van der Waals surface area (Å²) in [5.41, 5.74) is 0.846. The van der Waals surface area contributed by atoms with Crippen molar-refractivity contribution in [1.82, 2.24) is 9.78 Å². The van der Waals surface area contributed by atoms with E-state index in [1.54, 1.807) is 0 Å². The van der Waals surface area contributed by atoms with E-state index in [4.69, 9.17) is 23.2 Å². The van der Waals surface area contributed by atoms with Crippen molar-refractivity contribution in [3.05, 3.63) is 46.2 Å². The molecular weight excluding hydrogens is 312 g/mol. The SMILES string of the molecule is CCc1nn(-c2cccc(C(F)(F)F)c2)c(Cl)c1CCl. The van der Waals surface area contributed by atoms with Crippen LogP contribution in [0.15, 0.2) is 24.3 Å². The van der Waals surface area contributed by atoms with Gasteiger partial charge in [-0.2, -0.15) is 18.3 Å². The van der Waals surface area contributed by atoms with E-state index in [0.717, 1.165) is 12.1 Å². The second-order valence-electron chi connectivity index (χ2n) is 4.16. The Morgan fingerprint density at radius 3 is 2.50 bits per heavy atom. The van der Waals surface area contributed by atoms with Gasteiger partial charge in [-0.25, -0.2) is 4.68 Å². The molecule has 0 unspecified atom stereocenters. The van der Waals surface area contributed by atoms with Crippen molar-refractivity contribution in [3.8, 4) is 5.69 Å². The Bertz CT molecular complexity index is 621. The summed E-state index contributed by atoms with van der Waals surface area (Å²) in [4.78, 5) is 0. The first-order chi connectivity index (χ1) is 9.38. The number of alkyl halides is 4. The van der Waals surface area contributed by atoms with E-state index in [9.17, 15) is 13.2 Å². The number of rotatable bonds is 3. The number of benzene rings is 1. The van der Waals surface area contributed by atoms with Crippen LogP contribution in [0.3, 0.4) is 0 Å². The summed E-state index contributed by atoms with van der Waals surface area (Å²) >= 11 is 11.9. The lowest BCUT2D eigenvalue weighted by Crippen LogP contribution is -2.06. The van der Waals surface area contributed by atoms with Crippen molar-refractivity contribution < 1.29 is 13.2 Å². The maximum absolute atomic E-state index is 12.7. The molecule has 1 heterocycles. The molecule has 0 spiro atoms. The average Bonchev–Trinajstić information content (AvgIpc) is 2.74. The van der Waals surface area contributed by atoms with E-state index in [2.05, 4.69) is 5.10 Å². The highest BCUT2D eigenvalue weighted by Crippen LogP contribution is 2.32. The van der Waals surface area contributed by atoms with E-state index in [0.29, 0.717) is 17.7 Å². The highest BCUT2D eigenvalue weighted by atomic mass is 35.5. The first-order valence-electron chi connectivity index (χ1n) is 5.88. The quantitative estimate of drug-likeness (QED) is 0.739. The van der Waals surface area contributed by atoms with Gasteiger partial charge < -0.3 is 0 Å². The molecule has 0 saturated heterocycles. The maximum atomic E-state index is 12.7. The zero-order valence-electron chi connectivity index (χ0n) is 10.5. The molecule has 0 amide bonds. The molecule has 2 rings (SSSR count). The molecule has 20 heavy (non-hydrogen) atoms. The summed E-state index contributed by atoms with van der Waals surface area (Å²) in [6.07, 6.45) is -3.80. The molecule has 0 aliphatic heterocycles. The van der Waals surface area contributed by atoms with Gasteiger partial charge in [-0.3, -0.25) is 0 Å². The second-order valence-corrected chi connectivity index (χ2v) is 4.79. The van der Waals surface area contributed by atoms with Gasteiger partial charge >= 0.3 is 6.18 Å². The third-order valence-corrected chi connectivity index (χ3v) is 3.55. The molecule has 0 N–H and O–H groups in total. The third kappa shape index (κ3) is 2.79. The lowest BCUT2D eigenvalue weighted by molar-refractivity contribution is -0.137. The first kappa shape index (κ1) is 15.2. The minimum Gasteiger partial charge on any atom is -0.222 e. The Balaban J connectivity index is 2.55. The van der Waals surface area contributed by atoms with Crippen molar-refractivity contribution in [2.75, 3.05) is 0 Å². The Morgan fingerprint density at radius 2 is 2.00 bits per heavy atom. The van der Waals surface area contributed by atoms with E-state index in [1.807, 2.05) is 6.92 Å². The number of nitrogens with zero attached hydrogens (tertiary/aromatic N) is 2. The molecule has 2 aromatic rings. The smallest absolute Gasteiger partial charge is 0.222 e. The lowest BCUT2D eigenvalue weighted by atomic mass is 10.2. The van der Waals surface area contributed by atoms with Gasteiger partial charge in [0, 0.05) is 5.56 Å². The van der Waals surface area contributed by atoms with Crippen LogP contribution in [0.25, 0.3) is 5.69 Å². The number of hydrogen-bond donors (Lipinski definition) is 0. The van der Waals surface area contributed by atoms with Crippen molar-refractivity contribution in [1.29, 1.82) is 0 Å². The standard InChI is InChI=1S/C13H11Cl2F3N2/c1-2-11-10(7-14)12(15)20(19-11)9-5-3-4-8(6-9)13(16,17)18/h3-6H,2,7H2,1H3. The van der Waals surface area contributed by atoms with Crippen LogP contribution in [-0.2, 0) is 18.5 Å². The van der Waals surface area contributed by atoms with E-state index in [1.165, 1.54) is 16.8 Å². The molecule has 0 radical (unpaired) electrons. The van der Waals surface area contributed by atoms with Gasteiger partial charge in [-0.15, -0.1) is 11.6 Å². The molecule has 0 bridgehead atoms. The normalized spacial score (nSPS) is 11.9. The van der Waals surface area contributed by atoms with Crippen molar-refractivity contribution in [2.24, 2.45) is 0 Å². The zero-order chi connectivity index (χ0) is 14.9. The molecule has 0 saturated carbocycles. The fourth-order valence-electron chi connectivity index (χ4n) is 1.87. The topological polar surface area (TPSA) is 17.8 Å². The van der Waals surface area contributed by atoms with E-state index < -0.39 is 11.7 Å². The highest BCUT2D eigenvalue weighted by molar-refractivity contribution is 6.31. The monoisotopic (exact) mass is 322 g/mol. The molecular formula is C13H11Cl2F3N2. The number of halogens is 5. The number of hydrogen-bond acceptors (Lipinski definition) is 1. The van der Waals surface area contributed by atoms with E-state index in [-0.39, 0.29) is 16.7 Å². The van der Waals surface area contributed by atoms with Crippen LogP contribution in [-0.4, -0.2) is 9.78 Å². The van der Waals surface area contributed by atoms with Crippen LogP contribution in [0.4, 0.5) is 13.2 Å². The van der Waals surface area contributed by atoms with Gasteiger partial charge in [0.05, 0.1) is 22.8 Å². The summed E-state index contributed by atoms with van der Waals surface area (Å²) in [6.45, 7) is 1.88. The third-order valence-electron chi connectivity index (χ3n) is 2.89. The van der Waals surface area contributed by atoms with Crippen LogP contribution < -0.4 is 0 Å². The van der Waals surface area contributed by atoms with Crippen LogP contribution in [0, 0.1) is 0 Å². The zero-order valence-corrected chi connectivity index (χ0v) is 12.0. The van der Waals surface area contributed by atoms with Crippen LogP contribution in [0.1, 0.15) is 23.7 Å². The predicted molar refractivity (Wildman–Crippen MR) is 72.5 cm³/mol. The predicted octanol–water partition coefficient (Wildman–Crippen LogP) is 4.85. The fraction of sp³-hybridized carbons (Fsp3) is 0.308. The summed E-state index contributed by atoms with van der Waals surface area (Å²) < 4.78 is 39.4. The van der Waals surface area contributed by atoms with Gasteiger partial charge in [0.25, 0.3) is 0 Å². The fourth-order valence-corrected chi connectivity index (χ4v) is 2.53. The van der Waals surface area contributed by atoms with Crippen LogP contribution in [0.2, 0.25) is 5.15 Å². The van der Waals surface area contributed by atoms with Gasteiger partial charge in [-0.1, -0.05) is 24.6 Å². The molecule has 1 aromatic heterocycles. The number of aromatic nitrogens is 2. The van der Waals surface area contributed by atoms with Gasteiger partial charge in [-0.05, 0) is 24.6 Å². The number of aryl methyl sites for hydroxylation is 1. The molecule has 108 valence electrons. The molecule has 7 heteroatoms. The molecule has 0 aliphatic carbocycles. The Hall–Kier alpha value is -1.20. The molecule has 1 aromatic carbocycles. The molecule has 0 atom stereocenters.